The molecule has 4 rings (SSSR count). The summed E-state index contributed by atoms with van der Waals surface area (Å²) in [6.07, 6.45) is 0. The molecule has 1 amide bonds. The third kappa shape index (κ3) is 4.70. The number of carbonyl (C=O) groups is 1. The van der Waals surface area contributed by atoms with Crippen molar-refractivity contribution in [1.82, 2.24) is 14.8 Å². The lowest BCUT2D eigenvalue weighted by molar-refractivity contribution is -0.115. The Morgan fingerprint density at radius 2 is 1.58 bits per heavy atom. The number of nitrogens with one attached hydrogen (secondary N) is 1. The largest absolute Gasteiger partial charge is 0.325 e. The van der Waals surface area contributed by atoms with Crippen molar-refractivity contribution < 1.29 is 4.79 Å². The molecule has 1 aromatic heterocycles. The lowest BCUT2D eigenvalue weighted by Crippen LogP contribution is -2.20. The highest BCUT2D eigenvalue weighted by atomic mass is 32.2. The molecule has 6 heteroatoms. The second-order valence-electron chi connectivity index (χ2n) is 7.42. The molecule has 1 atom stereocenters. The van der Waals surface area contributed by atoms with E-state index in [0.29, 0.717) is 5.16 Å². The molecule has 0 radical (unpaired) electrons. The van der Waals surface area contributed by atoms with Crippen LogP contribution in [0.25, 0.3) is 5.69 Å². The summed E-state index contributed by atoms with van der Waals surface area (Å²) in [5, 5.41) is 12.0. The number of thioether (sulfide) groups is 1. The Balaban J connectivity index is 1.69. The number of nitrogens with zero attached hydrogens (tertiary/aromatic N) is 3. The van der Waals surface area contributed by atoms with Gasteiger partial charge in [0.25, 0.3) is 0 Å². The highest BCUT2D eigenvalue weighted by Gasteiger charge is 2.26. The van der Waals surface area contributed by atoms with Crippen LogP contribution >= 0.6 is 11.8 Å². The van der Waals surface area contributed by atoms with Gasteiger partial charge in [-0.25, -0.2) is 0 Å². The zero-order valence-electron chi connectivity index (χ0n) is 17.7. The number of hydrogen-bond donors (Lipinski definition) is 1. The number of para-hydroxylation sites is 1. The lowest BCUT2D eigenvalue weighted by Gasteiger charge is -2.18. The first kappa shape index (κ1) is 20.9. The van der Waals surface area contributed by atoms with Gasteiger partial charge in [-0.3, -0.25) is 9.36 Å². The van der Waals surface area contributed by atoms with Crippen LogP contribution < -0.4 is 5.32 Å². The van der Waals surface area contributed by atoms with Crippen LogP contribution in [-0.2, 0) is 4.79 Å². The lowest BCUT2D eigenvalue weighted by atomic mass is 10.1. The van der Waals surface area contributed by atoms with Crippen LogP contribution in [0.1, 0.15) is 27.8 Å². The number of benzene rings is 3. The van der Waals surface area contributed by atoms with Gasteiger partial charge in [0.1, 0.15) is 11.1 Å². The van der Waals surface area contributed by atoms with Gasteiger partial charge in [0.15, 0.2) is 5.16 Å². The van der Waals surface area contributed by atoms with Crippen molar-refractivity contribution in [2.75, 3.05) is 5.32 Å². The van der Waals surface area contributed by atoms with Gasteiger partial charge in [-0.1, -0.05) is 72.4 Å². The Labute approximate surface area is 186 Å². The summed E-state index contributed by atoms with van der Waals surface area (Å²) in [6.45, 7) is 5.93. The highest BCUT2D eigenvalue weighted by Crippen LogP contribution is 2.37. The number of anilines is 1. The monoisotopic (exact) mass is 428 g/mol. The van der Waals surface area contributed by atoms with E-state index in [1.807, 2.05) is 104 Å². The summed E-state index contributed by atoms with van der Waals surface area (Å²) >= 11 is 1.40. The van der Waals surface area contributed by atoms with Crippen molar-refractivity contribution in [2.24, 2.45) is 0 Å². The molecule has 1 N–H and O–H groups in total. The SMILES string of the molecule is Cc1ccc(C)c(NC(=O)C(Sc2nnc(C)n2-c2ccccc2)c2ccccc2)c1. The second kappa shape index (κ2) is 9.18. The van der Waals surface area contributed by atoms with Gasteiger partial charge in [0.2, 0.25) is 5.91 Å². The summed E-state index contributed by atoms with van der Waals surface area (Å²) in [6, 6.07) is 25.8. The molecule has 4 aromatic rings. The van der Waals surface area contributed by atoms with E-state index in [1.165, 1.54) is 11.8 Å². The number of carbonyl (C=O) groups excluding carboxylic acids is 1. The standard InChI is InChI=1S/C25H24N4OS/c1-17-14-15-18(2)22(16-17)26-24(30)23(20-10-6-4-7-11-20)31-25-28-27-19(3)29(25)21-12-8-5-9-13-21/h4-16,23H,1-3H3,(H,26,30). The number of aryl methyl sites for hydroxylation is 3. The van der Waals surface area contributed by atoms with Crippen LogP contribution in [0.4, 0.5) is 5.69 Å². The molecule has 0 aliphatic heterocycles. The molecule has 5 nitrogen and oxygen atoms in total. The van der Waals surface area contributed by atoms with E-state index in [2.05, 4.69) is 15.5 Å². The fourth-order valence-electron chi connectivity index (χ4n) is 3.37. The first-order chi connectivity index (χ1) is 15.0. The maximum atomic E-state index is 13.4. The molecule has 0 saturated carbocycles. The predicted molar refractivity (Wildman–Crippen MR) is 126 cm³/mol. The van der Waals surface area contributed by atoms with E-state index in [0.717, 1.165) is 33.9 Å². The van der Waals surface area contributed by atoms with Crippen molar-refractivity contribution in [3.05, 3.63) is 101 Å². The van der Waals surface area contributed by atoms with Crippen LogP contribution in [0.15, 0.2) is 84.0 Å². The number of aromatic nitrogens is 3. The van der Waals surface area contributed by atoms with E-state index < -0.39 is 5.25 Å². The minimum absolute atomic E-state index is 0.0924. The van der Waals surface area contributed by atoms with Crippen molar-refractivity contribution in [3.63, 3.8) is 0 Å². The third-order valence-electron chi connectivity index (χ3n) is 5.02. The van der Waals surface area contributed by atoms with Crippen LogP contribution in [0.3, 0.4) is 0 Å². The normalized spacial score (nSPS) is 11.8. The molecule has 3 aromatic carbocycles. The number of hydrogen-bond acceptors (Lipinski definition) is 4. The van der Waals surface area contributed by atoms with Crippen LogP contribution in [0.5, 0.6) is 0 Å². The third-order valence-corrected chi connectivity index (χ3v) is 6.22. The van der Waals surface area contributed by atoms with Gasteiger partial charge in [-0.05, 0) is 55.7 Å². The highest BCUT2D eigenvalue weighted by molar-refractivity contribution is 8.00. The molecule has 1 heterocycles. The molecule has 0 spiro atoms. The minimum atomic E-state index is -0.479. The number of rotatable bonds is 6. The molecule has 0 fully saturated rings. The smallest absolute Gasteiger partial charge is 0.242 e. The van der Waals surface area contributed by atoms with E-state index >= 15 is 0 Å². The molecule has 0 saturated heterocycles. The van der Waals surface area contributed by atoms with Crippen LogP contribution in [0.2, 0.25) is 0 Å². The number of amides is 1. The zero-order valence-corrected chi connectivity index (χ0v) is 18.6. The van der Waals surface area contributed by atoms with E-state index in [1.54, 1.807) is 0 Å². The first-order valence-electron chi connectivity index (χ1n) is 10.1. The van der Waals surface area contributed by atoms with Crippen molar-refractivity contribution in [1.29, 1.82) is 0 Å². The summed E-state index contributed by atoms with van der Waals surface area (Å²) < 4.78 is 1.98. The Morgan fingerprint density at radius 3 is 2.29 bits per heavy atom. The molecular weight excluding hydrogens is 404 g/mol. The van der Waals surface area contributed by atoms with Gasteiger partial charge in [-0.15, -0.1) is 10.2 Å². The Kier molecular flexibility index (Phi) is 6.18. The zero-order chi connectivity index (χ0) is 21.8. The minimum Gasteiger partial charge on any atom is -0.325 e. The molecule has 156 valence electrons. The second-order valence-corrected chi connectivity index (χ2v) is 8.49. The van der Waals surface area contributed by atoms with Crippen molar-refractivity contribution >= 4 is 23.4 Å². The van der Waals surface area contributed by atoms with Crippen molar-refractivity contribution in [3.8, 4) is 5.69 Å². The van der Waals surface area contributed by atoms with Gasteiger partial charge in [0.05, 0.1) is 0 Å². The molecule has 0 bridgehead atoms. The topological polar surface area (TPSA) is 59.8 Å². The molecule has 31 heavy (non-hydrogen) atoms. The van der Waals surface area contributed by atoms with Gasteiger partial charge in [-0.2, -0.15) is 0 Å². The summed E-state index contributed by atoms with van der Waals surface area (Å²) in [7, 11) is 0. The molecule has 0 aliphatic rings. The van der Waals surface area contributed by atoms with E-state index in [-0.39, 0.29) is 5.91 Å². The Bertz CT molecular complexity index is 1190. The summed E-state index contributed by atoms with van der Waals surface area (Å²) in [5.41, 5.74) is 4.83. The van der Waals surface area contributed by atoms with E-state index in [4.69, 9.17) is 0 Å². The predicted octanol–water partition coefficient (Wildman–Crippen LogP) is 5.66. The van der Waals surface area contributed by atoms with Gasteiger partial charge < -0.3 is 5.32 Å². The Hall–Kier alpha value is -3.38. The van der Waals surface area contributed by atoms with Crippen molar-refractivity contribution in [2.45, 2.75) is 31.2 Å². The fraction of sp³-hybridized carbons (Fsp3) is 0.160. The van der Waals surface area contributed by atoms with Crippen LogP contribution in [-0.4, -0.2) is 20.7 Å². The van der Waals surface area contributed by atoms with Gasteiger partial charge in [0, 0.05) is 11.4 Å². The summed E-state index contributed by atoms with van der Waals surface area (Å²) in [4.78, 5) is 13.4. The molecule has 1 unspecified atom stereocenters. The molecule has 0 aliphatic carbocycles. The Morgan fingerprint density at radius 1 is 0.903 bits per heavy atom. The first-order valence-corrected chi connectivity index (χ1v) is 11.0. The maximum absolute atomic E-state index is 13.4. The fourth-order valence-corrected chi connectivity index (χ4v) is 4.47. The van der Waals surface area contributed by atoms with Crippen LogP contribution in [0, 0.1) is 20.8 Å². The molecular formula is C25H24N4OS. The average molecular weight is 429 g/mol. The van der Waals surface area contributed by atoms with E-state index in [9.17, 15) is 4.79 Å². The quantitative estimate of drug-likeness (QED) is 0.402. The van der Waals surface area contributed by atoms with Gasteiger partial charge >= 0.3 is 0 Å². The maximum Gasteiger partial charge on any atom is 0.242 e. The average Bonchev–Trinajstić information content (AvgIpc) is 3.15. The summed E-state index contributed by atoms with van der Waals surface area (Å²) in [5.74, 6) is 0.681.